The summed E-state index contributed by atoms with van der Waals surface area (Å²) >= 11 is 1.52. The third-order valence-corrected chi connectivity index (χ3v) is 2.95. The highest BCUT2D eigenvalue weighted by Crippen LogP contribution is 2.29. The SMILES string of the molecule is CCc1nc(-c2cccnc2)sc1N. The van der Waals surface area contributed by atoms with E-state index in [4.69, 9.17) is 5.73 Å². The summed E-state index contributed by atoms with van der Waals surface area (Å²) in [4.78, 5) is 8.50. The third kappa shape index (κ3) is 1.61. The van der Waals surface area contributed by atoms with E-state index in [1.807, 2.05) is 12.1 Å². The number of rotatable bonds is 2. The molecular weight excluding hydrogens is 194 g/mol. The number of hydrogen-bond acceptors (Lipinski definition) is 4. The molecule has 0 aromatic carbocycles. The zero-order valence-electron chi connectivity index (χ0n) is 7.90. The Labute approximate surface area is 86.6 Å². The van der Waals surface area contributed by atoms with E-state index in [9.17, 15) is 0 Å². The smallest absolute Gasteiger partial charge is 0.127 e. The first-order valence-electron chi connectivity index (χ1n) is 4.47. The van der Waals surface area contributed by atoms with Gasteiger partial charge in [-0.05, 0) is 18.6 Å². The fourth-order valence-corrected chi connectivity index (χ4v) is 2.14. The summed E-state index contributed by atoms with van der Waals surface area (Å²) in [5.74, 6) is 0. The Morgan fingerprint density at radius 2 is 2.36 bits per heavy atom. The molecule has 4 heteroatoms. The second-order valence-corrected chi connectivity index (χ2v) is 3.96. The third-order valence-electron chi connectivity index (χ3n) is 1.97. The van der Waals surface area contributed by atoms with Crippen LogP contribution in [0, 0.1) is 0 Å². The summed E-state index contributed by atoms with van der Waals surface area (Å²) in [6, 6.07) is 3.89. The normalized spacial score (nSPS) is 10.4. The van der Waals surface area contributed by atoms with Crippen LogP contribution in [0.25, 0.3) is 10.6 Å². The number of nitrogens with two attached hydrogens (primary N) is 1. The van der Waals surface area contributed by atoms with Gasteiger partial charge in [-0.15, -0.1) is 0 Å². The highest BCUT2D eigenvalue weighted by Gasteiger charge is 2.07. The van der Waals surface area contributed by atoms with Crippen molar-refractivity contribution in [2.45, 2.75) is 13.3 Å². The molecule has 2 N–H and O–H groups in total. The summed E-state index contributed by atoms with van der Waals surface area (Å²) in [7, 11) is 0. The van der Waals surface area contributed by atoms with Gasteiger partial charge in [0.25, 0.3) is 0 Å². The number of thiazole rings is 1. The van der Waals surface area contributed by atoms with Gasteiger partial charge < -0.3 is 5.73 Å². The topological polar surface area (TPSA) is 51.8 Å². The maximum atomic E-state index is 5.82. The van der Waals surface area contributed by atoms with Gasteiger partial charge in [-0.3, -0.25) is 4.98 Å². The van der Waals surface area contributed by atoms with Crippen molar-refractivity contribution < 1.29 is 0 Å². The van der Waals surface area contributed by atoms with Crippen molar-refractivity contribution >= 4 is 16.3 Å². The zero-order valence-corrected chi connectivity index (χ0v) is 8.71. The van der Waals surface area contributed by atoms with Gasteiger partial charge in [0.2, 0.25) is 0 Å². The van der Waals surface area contributed by atoms with Crippen molar-refractivity contribution in [2.75, 3.05) is 5.73 Å². The van der Waals surface area contributed by atoms with E-state index in [0.717, 1.165) is 27.7 Å². The lowest BCUT2D eigenvalue weighted by Crippen LogP contribution is -1.87. The number of nitrogen functional groups attached to an aromatic ring is 1. The van der Waals surface area contributed by atoms with Crippen molar-refractivity contribution in [3.05, 3.63) is 30.2 Å². The fourth-order valence-electron chi connectivity index (χ4n) is 1.23. The number of pyridine rings is 1. The molecule has 0 amide bonds. The van der Waals surface area contributed by atoms with E-state index in [2.05, 4.69) is 16.9 Å². The Kier molecular flexibility index (Phi) is 2.45. The molecule has 2 aromatic rings. The Balaban J connectivity index is 2.43. The molecule has 0 fully saturated rings. The summed E-state index contributed by atoms with van der Waals surface area (Å²) in [6.07, 6.45) is 4.43. The van der Waals surface area contributed by atoms with Gasteiger partial charge in [-0.25, -0.2) is 4.98 Å². The van der Waals surface area contributed by atoms with Crippen molar-refractivity contribution in [3.8, 4) is 10.6 Å². The minimum atomic E-state index is 0.811. The largest absolute Gasteiger partial charge is 0.389 e. The van der Waals surface area contributed by atoms with Crippen LogP contribution in [0.2, 0.25) is 0 Å². The molecule has 0 bridgehead atoms. The van der Waals surface area contributed by atoms with Gasteiger partial charge in [0.15, 0.2) is 0 Å². The highest BCUT2D eigenvalue weighted by atomic mass is 32.1. The van der Waals surface area contributed by atoms with Gasteiger partial charge >= 0.3 is 0 Å². The molecule has 2 heterocycles. The van der Waals surface area contributed by atoms with Crippen LogP contribution in [0.4, 0.5) is 5.00 Å². The molecular formula is C10H11N3S. The van der Waals surface area contributed by atoms with Crippen LogP contribution in [0.1, 0.15) is 12.6 Å². The van der Waals surface area contributed by atoms with Crippen LogP contribution in [0.3, 0.4) is 0 Å². The van der Waals surface area contributed by atoms with E-state index in [-0.39, 0.29) is 0 Å². The summed E-state index contributed by atoms with van der Waals surface area (Å²) in [6.45, 7) is 2.05. The molecule has 0 aliphatic heterocycles. The van der Waals surface area contributed by atoms with Crippen LogP contribution in [0.5, 0.6) is 0 Å². The molecule has 2 rings (SSSR count). The lowest BCUT2D eigenvalue weighted by Gasteiger charge is -1.92. The van der Waals surface area contributed by atoms with Crippen LogP contribution >= 0.6 is 11.3 Å². The second kappa shape index (κ2) is 3.75. The Hall–Kier alpha value is -1.42. The lowest BCUT2D eigenvalue weighted by atomic mass is 10.3. The first-order chi connectivity index (χ1) is 6.81. The molecule has 2 aromatic heterocycles. The summed E-state index contributed by atoms with van der Waals surface area (Å²) in [5, 5.41) is 1.76. The molecule has 0 radical (unpaired) electrons. The quantitative estimate of drug-likeness (QED) is 0.818. The predicted octanol–water partition coefficient (Wildman–Crippen LogP) is 2.35. The molecule has 3 nitrogen and oxygen atoms in total. The maximum absolute atomic E-state index is 5.82. The van der Waals surface area contributed by atoms with Crippen LogP contribution in [0.15, 0.2) is 24.5 Å². The van der Waals surface area contributed by atoms with Crippen LogP contribution in [-0.4, -0.2) is 9.97 Å². The molecule has 0 atom stereocenters. The molecule has 0 unspecified atom stereocenters. The van der Waals surface area contributed by atoms with E-state index >= 15 is 0 Å². The van der Waals surface area contributed by atoms with Crippen molar-refractivity contribution in [2.24, 2.45) is 0 Å². The first-order valence-corrected chi connectivity index (χ1v) is 5.28. The van der Waals surface area contributed by atoms with E-state index in [1.165, 1.54) is 11.3 Å². The van der Waals surface area contributed by atoms with Gasteiger partial charge in [0.05, 0.1) is 5.69 Å². The number of nitrogens with zero attached hydrogens (tertiary/aromatic N) is 2. The highest BCUT2D eigenvalue weighted by molar-refractivity contribution is 7.18. The molecule has 14 heavy (non-hydrogen) atoms. The lowest BCUT2D eigenvalue weighted by molar-refractivity contribution is 1.07. The van der Waals surface area contributed by atoms with Crippen molar-refractivity contribution in [1.82, 2.24) is 9.97 Å². The molecule has 0 spiro atoms. The Morgan fingerprint density at radius 1 is 1.50 bits per heavy atom. The second-order valence-electron chi connectivity index (χ2n) is 2.93. The van der Waals surface area contributed by atoms with E-state index < -0.39 is 0 Å². The standard InChI is InChI=1S/C10H11N3S/c1-2-8-9(11)14-10(13-8)7-4-3-5-12-6-7/h3-6H,2,11H2,1H3. The molecule has 0 saturated heterocycles. The van der Waals surface area contributed by atoms with Crippen molar-refractivity contribution in [3.63, 3.8) is 0 Å². The van der Waals surface area contributed by atoms with Crippen LogP contribution < -0.4 is 5.73 Å². The van der Waals surface area contributed by atoms with Crippen molar-refractivity contribution in [1.29, 1.82) is 0 Å². The Bertz CT molecular complexity index is 422. The minimum absolute atomic E-state index is 0.811. The number of aryl methyl sites for hydroxylation is 1. The molecule has 0 aliphatic carbocycles. The Morgan fingerprint density at radius 3 is 2.93 bits per heavy atom. The molecule has 0 saturated carbocycles. The van der Waals surface area contributed by atoms with E-state index in [0.29, 0.717) is 0 Å². The summed E-state index contributed by atoms with van der Waals surface area (Å²) in [5.41, 5.74) is 7.84. The molecule has 0 aliphatic rings. The first kappa shape index (κ1) is 9.15. The van der Waals surface area contributed by atoms with Gasteiger partial charge in [0, 0.05) is 18.0 Å². The van der Waals surface area contributed by atoms with Gasteiger partial charge in [0.1, 0.15) is 10.0 Å². The number of aromatic nitrogens is 2. The van der Waals surface area contributed by atoms with Crippen LogP contribution in [-0.2, 0) is 6.42 Å². The van der Waals surface area contributed by atoms with Gasteiger partial charge in [-0.2, -0.15) is 0 Å². The molecule has 72 valence electrons. The zero-order chi connectivity index (χ0) is 9.97. The monoisotopic (exact) mass is 205 g/mol. The number of hydrogen-bond donors (Lipinski definition) is 1. The van der Waals surface area contributed by atoms with Gasteiger partial charge in [-0.1, -0.05) is 18.3 Å². The maximum Gasteiger partial charge on any atom is 0.127 e. The average Bonchev–Trinajstić information content (AvgIpc) is 2.61. The summed E-state index contributed by atoms with van der Waals surface area (Å²) < 4.78 is 0. The minimum Gasteiger partial charge on any atom is -0.389 e. The van der Waals surface area contributed by atoms with E-state index in [1.54, 1.807) is 12.4 Å². The predicted molar refractivity (Wildman–Crippen MR) is 59.1 cm³/mol. The fraction of sp³-hybridized carbons (Fsp3) is 0.200. The number of anilines is 1. The average molecular weight is 205 g/mol.